The van der Waals surface area contributed by atoms with Crippen LogP contribution in [0.1, 0.15) is 17.2 Å². The molecular formula is C14H11NOS. The number of aromatic nitrogens is 1. The molecule has 1 unspecified atom stereocenters. The molecule has 2 nitrogen and oxygen atoms in total. The maximum absolute atomic E-state index is 10.3. The van der Waals surface area contributed by atoms with Gasteiger partial charge in [-0.2, -0.15) is 0 Å². The summed E-state index contributed by atoms with van der Waals surface area (Å²) >= 11 is 1.64. The minimum atomic E-state index is -0.602. The van der Waals surface area contributed by atoms with Gasteiger partial charge in [-0.05, 0) is 23.1 Å². The van der Waals surface area contributed by atoms with Crippen molar-refractivity contribution in [2.75, 3.05) is 0 Å². The van der Waals surface area contributed by atoms with Gasteiger partial charge >= 0.3 is 0 Å². The highest BCUT2D eigenvalue weighted by atomic mass is 32.1. The molecule has 0 saturated carbocycles. The molecule has 0 saturated heterocycles. The molecule has 0 bridgehead atoms. The number of hydrogen-bond acceptors (Lipinski definition) is 3. The molecular weight excluding hydrogens is 230 g/mol. The van der Waals surface area contributed by atoms with Crippen molar-refractivity contribution in [3.63, 3.8) is 0 Å². The molecule has 0 radical (unpaired) electrons. The largest absolute Gasteiger partial charge is 0.384 e. The zero-order valence-corrected chi connectivity index (χ0v) is 9.89. The van der Waals surface area contributed by atoms with Crippen LogP contribution < -0.4 is 0 Å². The maximum Gasteiger partial charge on any atom is 0.106 e. The van der Waals surface area contributed by atoms with E-state index in [2.05, 4.69) is 4.98 Å². The van der Waals surface area contributed by atoms with E-state index >= 15 is 0 Å². The summed E-state index contributed by atoms with van der Waals surface area (Å²) in [4.78, 5) is 4.34. The quantitative estimate of drug-likeness (QED) is 0.746. The lowest BCUT2D eigenvalue weighted by molar-refractivity contribution is 0.220. The van der Waals surface area contributed by atoms with E-state index in [0.717, 1.165) is 21.3 Å². The summed E-state index contributed by atoms with van der Waals surface area (Å²) in [6.07, 6.45) is 1.14. The zero-order valence-electron chi connectivity index (χ0n) is 9.08. The first kappa shape index (κ1) is 10.4. The lowest BCUT2D eigenvalue weighted by Gasteiger charge is -2.10. The molecule has 0 amide bonds. The first-order chi connectivity index (χ1) is 8.34. The normalized spacial score (nSPS) is 12.8. The van der Waals surface area contributed by atoms with Gasteiger partial charge in [0.15, 0.2) is 0 Å². The Labute approximate surface area is 103 Å². The zero-order chi connectivity index (χ0) is 11.7. The summed E-state index contributed by atoms with van der Waals surface area (Å²) in [6.45, 7) is 0. The van der Waals surface area contributed by atoms with Crippen molar-refractivity contribution in [3.8, 4) is 0 Å². The van der Waals surface area contributed by atoms with Gasteiger partial charge in [0.05, 0.1) is 10.2 Å². The van der Waals surface area contributed by atoms with Crippen LogP contribution in [0.15, 0.2) is 54.0 Å². The maximum atomic E-state index is 10.3. The van der Waals surface area contributed by atoms with Gasteiger partial charge in [0.2, 0.25) is 0 Å². The molecule has 0 fully saturated rings. The lowest BCUT2D eigenvalue weighted by atomic mass is 10.0. The number of nitrogens with zero attached hydrogens (tertiary/aromatic N) is 1. The second-order valence-corrected chi connectivity index (χ2v) is 4.83. The number of thiophene rings is 1. The summed E-state index contributed by atoms with van der Waals surface area (Å²) in [7, 11) is 0. The fourth-order valence-electron chi connectivity index (χ4n) is 1.84. The summed E-state index contributed by atoms with van der Waals surface area (Å²) in [5.74, 6) is 0. The molecule has 17 heavy (non-hydrogen) atoms. The van der Waals surface area contributed by atoms with Crippen LogP contribution in [0.5, 0.6) is 0 Å². The third-order valence-electron chi connectivity index (χ3n) is 2.75. The molecule has 0 spiro atoms. The molecule has 1 atom stereocenters. The van der Waals surface area contributed by atoms with Crippen LogP contribution >= 0.6 is 11.3 Å². The number of benzene rings is 1. The molecule has 1 aromatic carbocycles. The number of fused-ring (bicyclic) bond motifs is 1. The lowest BCUT2D eigenvalue weighted by Crippen LogP contribution is -1.99. The minimum absolute atomic E-state index is 0.602. The van der Waals surface area contributed by atoms with Crippen molar-refractivity contribution in [1.29, 1.82) is 0 Å². The Morgan fingerprint density at radius 1 is 1.06 bits per heavy atom. The van der Waals surface area contributed by atoms with Crippen LogP contribution in [0.3, 0.4) is 0 Å². The Morgan fingerprint density at radius 2 is 1.88 bits per heavy atom. The fraction of sp³-hybridized carbons (Fsp3) is 0.0714. The van der Waals surface area contributed by atoms with Crippen LogP contribution in [0.25, 0.3) is 10.2 Å². The van der Waals surface area contributed by atoms with Gasteiger partial charge in [-0.25, -0.2) is 0 Å². The van der Waals surface area contributed by atoms with E-state index < -0.39 is 6.10 Å². The van der Waals surface area contributed by atoms with Crippen LogP contribution in [0, 0.1) is 0 Å². The van der Waals surface area contributed by atoms with E-state index in [9.17, 15) is 5.11 Å². The van der Waals surface area contributed by atoms with E-state index in [4.69, 9.17) is 0 Å². The molecule has 0 aliphatic heterocycles. The van der Waals surface area contributed by atoms with Crippen LogP contribution in [0.4, 0.5) is 0 Å². The molecule has 3 heteroatoms. The Morgan fingerprint density at radius 3 is 2.71 bits per heavy atom. The summed E-state index contributed by atoms with van der Waals surface area (Å²) in [6, 6.07) is 13.6. The van der Waals surface area contributed by atoms with E-state index in [-0.39, 0.29) is 0 Å². The van der Waals surface area contributed by atoms with Crippen LogP contribution in [0.2, 0.25) is 0 Å². The van der Waals surface area contributed by atoms with Crippen molar-refractivity contribution in [1.82, 2.24) is 4.98 Å². The molecule has 0 aliphatic carbocycles. The Hall–Kier alpha value is -1.71. The van der Waals surface area contributed by atoms with Crippen LogP contribution in [-0.4, -0.2) is 10.1 Å². The Bertz CT molecular complexity index is 633. The predicted molar refractivity (Wildman–Crippen MR) is 70.1 cm³/mol. The van der Waals surface area contributed by atoms with Crippen LogP contribution in [-0.2, 0) is 0 Å². The number of hydrogen-bond donors (Lipinski definition) is 1. The van der Waals surface area contributed by atoms with Gasteiger partial charge in [-0.3, -0.25) is 4.98 Å². The first-order valence-corrected chi connectivity index (χ1v) is 6.29. The molecule has 1 N–H and O–H groups in total. The molecule has 0 aliphatic rings. The predicted octanol–water partition coefficient (Wildman–Crippen LogP) is 3.38. The van der Waals surface area contributed by atoms with Crippen molar-refractivity contribution < 1.29 is 5.11 Å². The van der Waals surface area contributed by atoms with E-state index in [0.29, 0.717) is 0 Å². The fourth-order valence-corrected chi connectivity index (χ4v) is 2.63. The highest BCUT2D eigenvalue weighted by molar-refractivity contribution is 7.17. The Balaban J connectivity index is 2.03. The van der Waals surface area contributed by atoms with Crippen molar-refractivity contribution in [2.45, 2.75) is 6.10 Å². The SMILES string of the molecule is OC(c1ccccc1)c1cnc2ccsc2c1. The Kier molecular flexibility index (Phi) is 2.63. The topological polar surface area (TPSA) is 33.1 Å². The third-order valence-corrected chi connectivity index (χ3v) is 3.61. The van der Waals surface area contributed by atoms with Gasteiger partial charge < -0.3 is 5.11 Å². The minimum Gasteiger partial charge on any atom is -0.384 e. The standard InChI is InChI=1S/C14H11NOS/c16-14(10-4-2-1-3-5-10)11-8-13-12(15-9-11)6-7-17-13/h1-9,14,16H. The van der Waals surface area contributed by atoms with E-state index in [1.165, 1.54) is 0 Å². The number of rotatable bonds is 2. The molecule has 84 valence electrons. The van der Waals surface area contributed by atoms with Crippen molar-refractivity contribution in [3.05, 3.63) is 65.2 Å². The van der Waals surface area contributed by atoms with Gasteiger partial charge in [-0.1, -0.05) is 30.3 Å². The van der Waals surface area contributed by atoms with Crippen molar-refractivity contribution >= 4 is 21.6 Å². The smallest absolute Gasteiger partial charge is 0.106 e. The van der Waals surface area contributed by atoms with E-state index in [1.807, 2.05) is 47.8 Å². The molecule has 3 rings (SSSR count). The molecule has 2 aromatic heterocycles. The monoisotopic (exact) mass is 241 g/mol. The number of aliphatic hydroxyl groups excluding tert-OH is 1. The van der Waals surface area contributed by atoms with Gasteiger partial charge in [-0.15, -0.1) is 11.3 Å². The highest BCUT2D eigenvalue weighted by Crippen LogP contribution is 2.26. The summed E-state index contributed by atoms with van der Waals surface area (Å²) < 4.78 is 1.11. The summed E-state index contributed by atoms with van der Waals surface area (Å²) in [5, 5.41) is 12.3. The molecule has 2 heterocycles. The second kappa shape index (κ2) is 4.28. The first-order valence-electron chi connectivity index (χ1n) is 5.41. The van der Waals surface area contributed by atoms with Crippen molar-refractivity contribution in [2.24, 2.45) is 0 Å². The average molecular weight is 241 g/mol. The van der Waals surface area contributed by atoms with Gasteiger partial charge in [0.1, 0.15) is 6.10 Å². The summed E-state index contributed by atoms with van der Waals surface area (Å²) in [5.41, 5.74) is 2.72. The molecule has 3 aromatic rings. The second-order valence-electron chi connectivity index (χ2n) is 3.89. The number of aliphatic hydroxyl groups is 1. The van der Waals surface area contributed by atoms with E-state index in [1.54, 1.807) is 17.5 Å². The highest BCUT2D eigenvalue weighted by Gasteiger charge is 2.11. The number of pyridine rings is 1. The van der Waals surface area contributed by atoms with Gasteiger partial charge in [0, 0.05) is 11.8 Å². The van der Waals surface area contributed by atoms with Gasteiger partial charge in [0.25, 0.3) is 0 Å². The third kappa shape index (κ3) is 1.95. The average Bonchev–Trinajstić information content (AvgIpc) is 2.86.